The maximum atomic E-state index is 13.6. The maximum absolute atomic E-state index is 13.6. The zero-order valence-corrected chi connectivity index (χ0v) is 22.5. The lowest BCUT2D eigenvalue weighted by molar-refractivity contribution is 0.101. The monoisotopic (exact) mass is 522 g/mol. The van der Waals surface area contributed by atoms with Gasteiger partial charge in [-0.05, 0) is 85.5 Å². The minimum Gasteiger partial charge on any atom is -0.321 e. The fraction of sp³-hybridized carbons (Fsp3) is 0.433. The molecule has 9 nitrogen and oxygen atoms in total. The number of hydrogen-bond donors (Lipinski definition) is 1. The van der Waals surface area contributed by atoms with E-state index < -0.39 is 0 Å². The van der Waals surface area contributed by atoms with Crippen LogP contribution in [0.25, 0.3) is 5.52 Å². The summed E-state index contributed by atoms with van der Waals surface area (Å²) in [5.41, 5.74) is 4.02. The summed E-state index contributed by atoms with van der Waals surface area (Å²) in [5.74, 6) is 1.71. The Kier molecular flexibility index (Phi) is 6.65. The molecule has 9 heteroatoms. The van der Waals surface area contributed by atoms with Gasteiger partial charge in [-0.3, -0.25) is 9.69 Å². The van der Waals surface area contributed by atoms with Crippen molar-refractivity contribution < 1.29 is 4.79 Å². The van der Waals surface area contributed by atoms with Gasteiger partial charge in [0.25, 0.3) is 5.91 Å². The van der Waals surface area contributed by atoms with Crippen LogP contribution in [0.4, 0.5) is 5.69 Å². The first kappa shape index (κ1) is 25.3. The Labute approximate surface area is 228 Å². The van der Waals surface area contributed by atoms with E-state index in [1.54, 1.807) is 17.0 Å². The summed E-state index contributed by atoms with van der Waals surface area (Å²) < 4.78 is 3.66. The predicted molar refractivity (Wildman–Crippen MR) is 148 cm³/mol. The van der Waals surface area contributed by atoms with Crippen molar-refractivity contribution in [3.63, 3.8) is 0 Å². The lowest BCUT2D eigenvalue weighted by Crippen LogP contribution is -2.44. The summed E-state index contributed by atoms with van der Waals surface area (Å²) in [6.07, 6.45) is 8.13. The average Bonchev–Trinajstić information content (AvgIpc) is 3.55. The molecule has 6 rings (SSSR count). The number of nitrogens with zero attached hydrogens (tertiary/aromatic N) is 7. The molecule has 1 aliphatic heterocycles. The van der Waals surface area contributed by atoms with Crippen molar-refractivity contribution in [2.24, 2.45) is 18.9 Å². The van der Waals surface area contributed by atoms with Crippen molar-refractivity contribution >= 4 is 17.1 Å². The Morgan fingerprint density at radius 1 is 1.23 bits per heavy atom. The highest BCUT2D eigenvalue weighted by atomic mass is 16.2. The molecular weight excluding hydrogens is 488 g/mol. The van der Waals surface area contributed by atoms with Crippen LogP contribution in [0.5, 0.6) is 0 Å². The molecule has 0 unspecified atom stereocenters. The van der Waals surface area contributed by atoms with Crippen molar-refractivity contribution in [3.8, 4) is 6.07 Å². The fourth-order valence-electron chi connectivity index (χ4n) is 6.59. The van der Waals surface area contributed by atoms with Gasteiger partial charge in [0.2, 0.25) is 0 Å². The quantitative estimate of drug-likeness (QED) is 0.382. The number of likely N-dealkylation sites (tertiary alicyclic amines) is 1. The van der Waals surface area contributed by atoms with E-state index >= 15 is 0 Å². The first-order valence-corrected chi connectivity index (χ1v) is 13.8. The maximum Gasteiger partial charge on any atom is 0.274 e. The molecule has 1 saturated carbocycles. The normalized spacial score (nSPS) is 23.3. The molecule has 2 fully saturated rings. The molecule has 4 heterocycles. The molecule has 2 aliphatic rings. The minimum absolute atomic E-state index is 0.196. The molecule has 1 aromatic carbocycles. The van der Waals surface area contributed by atoms with E-state index in [0.717, 1.165) is 60.6 Å². The van der Waals surface area contributed by atoms with Gasteiger partial charge in [0.05, 0.1) is 23.2 Å². The third-order valence-electron chi connectivity index (χ3n) is 8.40. The number of carbonyl (C=O) groups excluding carboxylic acids is 1. The average molecular weight is 523 g/mol. The second-order valence-electron chi connectivity index (χ2n) is 11.4. The van der Waals surface area contributed by atoms with Gasteiger partial charge in [0.15, 0.2) is 0 Å². The summed E-state index contributed by atoms with van der Waals surface area (Å²) in [4.78, 5) is 16.1. The highest BCUT2D eigenvalue weighted by molar-refractivity contribution is 6.03. The van der Waals surface area contributed by atoms with Gasteiger partial charge in [-0.15, -0.1) is 10.2 Å². The Morgan fingerprint density at radius 3 is 2.87 bits per heavy atom. The Bertz CT molecular complexity index is 1540. The molecule has 0 bridgehead atoms. The SMILES string of the molecule is C[C@H]1CCCN(Cc2cc(C(=O)Nc3cccc(C4(c5nncn5C)CC(CC#N)C4)c3)n3nccc3c2)C1. The minimum atomic E-state index is -0.325. The summed E-state index contributed by atoms with van der Waals surface area (Å²) in [6, 6.07) is 16.4. The topological polar surface area (TPSA) is 104 Å². The highest BCUT2D eigenvalue weighted by Crippen LogP contribution is 2.53. The number of fused-ring (bicyclic) bond motifs is 1. The Hall–Kier alpha value is -4.03. The second kappa shape index (κ2) is 10.3. The van der Waals surface area contributed by atoms with Crippen molar-refractivity contribution in [1.29, 1.82) is 5.26 Å². The van der Waals surface area contributed by atoms with Crippen LogP contribution in [-0.2, 0) is 19.0 Å². The van der Waals surface area contributed by atoms with Crippen molar-refractivity contribution in [3.05, 3.63) is 77.6 Å². The summed E-state index contributed by atoms with van der Waals surface area (Å²) in [6.45, 7) is 5.31. The zero-order chi connectivity index (χ0) is 27.0. The number of carbonyl (C=O) groups is 1. The fourth-order valence-corrected chi connectivity index (χ4v) is 6.59. The van der Waals surface area contributed by atoms with E-state index in [4.69, 9.17) is 0 Å². The van der Waals surface area contributed by atoms with Crippen LogP contribution in [0.2, 0.25) is 0 Å². The smallest absolute Gasteiger partial charge is 0.274 e. The molecule has 1 N–H and O–H groups in total. The van der Waals surface area contributed by atoms with Crippen molar-refractivity contribution in [2.45, 2.75) is 51.0 Å². The number of amides is 1. The molecule has 1 amide bonds. The van der Waals surface area contributed by atoms with E-state index in [9.17, 15) is 10.1 Å². The number of hydrogen-bond acceptors (Lipinski definition) is 6. The second-order valence-corrected chi connectivity index (χ2v) is 11.4. The summed E-state index contributed by atoms with van der Waals surface area (Å²) >= 11 is 0. The number of nitriles is 1. The summed E-state index contributed by atoms with van der Waals surface area (Å²) in [7, 11) is 1.95. The molecule has 0 radical (unpaired) electrons. The van der Waals surface area contributed by atoms with Gasteiger partial charge >= 0.3 is 0 Å². The van der Waals surface area contributed by atoms with E-state index in [1.807, 2.05) is 41.9 Å². The molecule has 1 saturated heterocycles. The number of aryl methyl sites for hydroxylation is 1. The molecule has 4 aromatic rings. The lowest BCUT2D eigenvalue weighted by atomic mass is 9.57. The third-order valence-corrected chi connectivity index (χ3v) is 8.40. The van der Waals surface area contributed by atoms with Crippen molar-refractivity contribution in [2.75, 3.05) is 18.4 Å². The van der Waals surface area contributed by atoms with Crippen LogP contribution in [-0.4, -0.2) is 48.3 Å². The standard InChI is InChI=1S/C30H34N8O/c1-21-5-4-12-37(18-21)19-23-13-26-9-11-33-38(26)27(14-23)28(39)34-25-7-3-6-24(15-25)30(16-22(17-30)8-10-31)29-35-32-20-36(29)2/h3,6-7,9,11,13-15,20-22H,4-5,8,12,16-19H2,1-2H3,(H,34,39)/t21-,22?,30?/m0/s1. The predicted octanol–water partition coefficient (Wildman–Crippen LogP) is 4.56. The number of benzene rings is 1. The van der Waals surface area contributed by atoms with Crippen LogP contribution < -0.4 is 5.32 Å². The van der Waals surface area contributed by atoms with Crippen molar-refractivity contribution in [1.82, 2.24) is 29.3 Å². The molecule has 200 valence electrons. The lowest BCUT2D eigenvalue weighted by Gasteiger charge is -2.46. The van der Waals surface area contributed by atoms with Gasteiger partial charge in [0, 0.05) is 32.2 Å². The molecule has 39 heavy (non-hydrogen) atoms. The Morgan fingerprint density at radius 2 is 2.10 bits per heavy atom. The highest BCUT2D eigenvalue weighted by Gasteiger charge is 2.49. The van der Waals surface area contributed by atoms with Crippen LogP contribution in [0, 0.1) is 23.2 Å². The number of aromatic nitrogens is 5. The number of pyridine rings is 1. The number of nitrogens with one attached hydrogen (secondary N) is 1. The molecule has 0 spiro atoms. The van der Waals surface area contributed by atoms with E-state index in [-0.39, 0.29) is 11.3 Å². The van der Waals surface area contributed by atoms with Gasteiger partial charge < -0.3 is 9.88 Å². The third kappa shape index (κ3) is 4.81. The van der Waals surface area contributed by atoms with Crippen LogP contribution in [0.3, 0.4) is 0 Å². The largest absolute Gasteiger partial charge is 0.321 e. The first-order valence-electron chi connectivity index (χ1n) is 13.8. The molecule has 1 atom stereocenters. The van der Waals surface area contributed by atoms with E-state index in [0.29, 0.717) is 24.0 Å². The number of piperidine rings is 1. The number of anilines is 1. The van der Waals surface area contributed by atoms with Crippen LogP contribution >= 0.6 is 0 Å². The van der Waals surface area contributed by atoms with Gasteiger partial charge in [0.1, 0.15) is 17.8 Å². The first-order chi connectivity index (χ1) is 18.9. The number of rotatable bonds is 7. The molecule has 3 aromatic heterocycles. The van der Waals surface area contributed by atoms with Crippen LogP contribution in [0.1, 0.15) is 66.5 Å². The van der Waals surface area contributed by atoms with Gasteiger partial charge in [-0.2, -0.15) is 10.4 Å². The molecular formula is C30H34N8O. The molecule has 1 aliphatic carbocycles. The van der Waals surface area contributed by atoms with Gasteiger partial charge in [-0.25, -0.2) is 4.52 Å². The van der Waals surface area contributed by atoms with Gasteiger partial charge in [-0.1, -0.05) is 19.1 Å². The summed E-state index contributed by atoms with van der Waals surface area (Å²) in [5, 5.41) is 25.3. The Balaban J connectivity index is 1.27. The van der Waals surface area contributed by atoms with E-state index in [2.05, 4.69) is 50.6 Å². The van der Waals surface area contributed by atoms with Crippen LogP contribution in [0.15, 0.2) is 55.0 Å². The van der Waals surface area contributed by atoms with E-state index in [1.165, 1.54) is 12.8 Å². The zero-order valence-electron chi connectivity index (χ0n) is 22.5.